The van der Waals surface area contributed by atoms with Gasteiger partial charge in [-0.3, -0.25) is 9.59 Å². The third-order valence-electron chi connectivity index (χ3n) is 4.66. The molecule has 0 aliphatic carbocycles. The Labute approximate surface area is 179 Å². The minimum atomic E-state index is -0.304. The van der Waals surface area contributed by atoms with Gasteiger partial charge in [-0.05, 0) is 36.4 Å². The Kier molecular flexibility index (Phi) is 6.70. The average Bonchev–Trinajstić information content (AvgIpc) is 2.69. The van der Waals surface area contributed by atoms with Crippen LogP contribution >= 0.6 is 34.8 Å². The lowest BCUT2D eigenvalue weighted by Crippen LogP contribution is -2.48. The van der Waals surface area contributed by atoms with Crippen molar-refractivity contribution >= 4 is 58.0 Å². The van der Waals surface area contributed by atoms with Gasteiger partial charge >= 0.3 is 0 Å². The van der Waals surface area contributed by atoms with Crippen molar-refractivity contribution in [2.75, 3.05) is 36.4 Å². The molecule has 5 nitrogen and oxygen atoms in total. The third kappa shape index (κ3) is 4.72. The predicted octanol–water partition coefficient (Wildman–Crippen LogP) is 4.96. The van der Waals surface area contributed by atoms with E-state index in [1.54, 1.807) is 24.3 Å². The fraction of sp³-hybridized carbons (Fsp3) is 0.300. The molecule has 148 valence electrons. The number of hydrogen-bond acceptors (Lipinski definition) is 3. The third-order valence-corrected chi connectivity index (χ3v) is 5.64. The van der Waals surface area contributed by atoms with Crippen molar-refractivity contribution in [2.45, 2.75) is 13.3 Å². The highest BCUT2D eigenvalue weighted by Crippen LogP contribution is 2.31. The first kappa shape index (κ1) is 20.8. The number of amides is 2. The van der Waals surface area contributed by atoms with Gasteiger partial charge in [0, 0.05) is 43.2 Å². The summed E-state index contributed by atoms with van der Waals surface area (Å²) in [6, 6.07) is 10.1. The molecule has 0 aromatic heterocycles. The van der Waals surface area contributed by atoms with Crippen LogP contribution in [0.15, 0.2) is 36.4 Å². The maximum Gasteiger partial charge on any atom is 0.255 e. The van der Waals surface area contributed by atoms with Crippen molar-refractivity contribution in [1.29, 1.82) is 0 Å². The Hall–Kier alpha value is -1.95. The van der Waals surface area contributed by atoms with Crippen LogP contribution in [0.2, 0.25) is 15.1 Å². The number of anilines is 2. The maximum absolute atomic E-state index is 12.7. The second kappa shape index (κ2) is 9.03. The van der Waals surface area contributed by atoms with E-state index in [1.807, 2.05) is 17.9 Å². The van der Waals surface area contributed by atoms with Gasteiger partial charge in [-0.15, -0.1) is 0 Å². The summed E-state index contributed by atoms with van der Waals surface area (Å²) in [4.78, 5) is 28.6. The van der Waals surface area contributed by atoms with Crippen LogP contribution in [0.5, 0.6) is 0 Å². The number of piperazine rings is 1. The summed E-state index contributed by atoms with van der Waals surface area (Å²) < 4.78 is 0. The first-order valence-electron chi connectivity index (χ1n) is 8.97. The molecule has 0 spiro atoms. The molecule has 0 radical (unpaired) electrons. The van der Waals surface area contributed by atoms with Crippen molar-refractivity contribution < 1.29 is 9.59 Å². The molecule has 0 atom stereocenters. The summed E-state index contributed by atoms with van der Waals surface area (Å²) in [6.45, 7) is 4.53. The second-order valence-corrected chi connectivity index (χ2v) is 7.72. The largest absolute Gasteiger partial charge is 0.366 e. The molecule has 1 N–H and O–H groups in total. The van der Waals surface area contributed by atoms with Gasteiger partial charge in [0.2, 0.25) is 5.91 Å². The van der Waals surface area contributed by atoms with E-state index in [2.05, 4.69) is 10.2 Å². The molecule has 0 bridgehead atoms. The van der Waals surface area contributed by atoms with Crippen LogP contribution < -0.4 is 10.2 Å². The van der Waals surface area contributed by atoms with E-state index in [4.69, 9.17) is 34.8 Å². The topological polar surface area (TPSA) is 52.7 Å². The first-order chi connectivity index (χ1) is 13.4. The molecule has 1 saturated heterocycles. The molecule has 0 unspecified atom stereocenters. The van der Waals surface area contributed by atoms with Gasteiger partial charge in [0.25, 0.3) is 5.91 Å². The Morgan fingerprint density at radius 2 is 1.68 bits per heavy atom. The standard InChI is InChI=1S/C20H20Cl3N3O2/c1-2-19(27)26-9-7-25(8-10-26)18-6-4-14(21)12-17(18)24-20(28)13-3-5-15(22)16(23)11-13/h3-6,11-12H,2,7-10H2,1H3,(H,24,28). The molecule has 1 aliphatic heterocycles. The van der Waals surface area contributed by atoms with Gasteiger partial charge < -0.3 is 15.1 Å². The summed E-state index contributed by atoms with van der Waals surface area (Å²) in [6.07, 6.45) is 0.506. The van der Waals surface area contributed by atoms with E-state index in [1.165, 1.54) is 6.07 Å². The summed E-state index contributed by atoms with van der Waals surface area (Å²) in [5, 5.41) is 4.14. The van der Waals surface area contributed by atoms with Crippen LogP contribution in [0.1, 0.15) is 23.7 Å². The van der Waals surface area contributed by atoms with Crippen molar-refractivity contribution in [3.63, 3.8) is 0 Å². The molecule has 1 fully saturated rings. The maximum atomic E-state index is 12.7. The lowest BCUT2D eigenvalue weighted by molar-refractivity contribution is -0.131. The number of benzene rings is 2. The van der Waals surface area contributed by atoms with Crippen LogP contribution in [0.3, 0.4) is 0 Å². The molecular weight excluding hydrogens is 421 g/mol. The highest BCUT2D eigenvalue weighted by atomic mass is 35.5. The summed E-state index contributed by atoms with van der Waals surface area (Å²) in [5.41, 5.74) is 1.87. The number of halogens is 3. The van der Waals surface area contributed by atoms with Gasteiger partial charge in [0.1, 0.15) is 0 Å². The zero-order valence-corrected chi connectivity index (χ0v) is 17.6. The van der Waals surface area contributed by atoms with Crippen LogP contribution in [-0.2, 0) is 4.79 Å². The molecule has 1 heterocycles. The van der Waals surface area contributed by atoms with E-state index < -0.39 is 0 Å². The Morgan fingerprint density at radius 1 is 0.964 bits per heavy atom. The molecule has 0 saturated carbocycles. The van der Waals surface area contributed by atoms with Gasteiger partial charge in [0.05, 0.1) is 21.4 Å². The molecular formula is C20H20Cl3N3O2. The van der Waals surface area contributed by atoms with Crippen LogP contribution in [0, 0.1) is 0 Å². The zero-order valence-electron chi connectivity index (χ0n) is 15.3. The zero-order chi connectivity index (χ0) is 20.3. The number of hydrogen-bond donors (Lipinski definition) is 1. The fourth-order valence-corrected chi connectivity index (χ4v) is 3.61. The Morgan fingerprint density at radius 3 is 2.32 bits per heavy atom. The molecule has 2 aromatic rings. The van der Waals surface area contributed by atoms with E-state index in [-0.39, 0.29) is 11.8 Å². The Balaban J connectivity index is 1.78. The van der Waals surface area contributed by atoms with Gasteiger partial charge in [-0.2, -0.15) is 0 Å². The lowest BCUT2D eigenvalue weighted by Gasteiger charge is -2.37. The lowest BCUT2D eigenvalue weighted by atomic mass is 10.1. The number of rotatable bonds is 4. The monoisotopic (exact) mass is 439 g/mol. The first-order valence-corrected chi connectivity index (χ1v) is 10.1. The highest BCUT2D eigenvalue weighted by molar-refractivity contribution is 6.42. The van der Waals surface area contributed by atoms with Crippen LogP contribution in [-0.4, -0.2) is 42.9 Å². The molecule has 1 aliphatic rings. The molecule has 2 aromatic carbocycles. The summed E-state index contributed by atoms with van der Waals surface area (Å²) >= 11 is 18.1. The summed E-state index contributed by atoms with van der Waals surface area (Å²) in [7, 11) is 0. The number of carbonyl (C=O) groups excluding carboxylic acids is 2. The summed E-state index contributed by atoms with van der Waals surface area (Å²) in [5.74, 6) is -0.147. The van der Waals surface area contributed by atoms with Crippen molar-refractivity contribution in [3.05, 3.63) is 57.0 Å². The number of nitrogens with one attached hydrogen (secondary N) is 1. The van der Waals surface area contributed by atoms with Gasteiger partial charge in [-0.25, -0.2) is 0 Å². The smallest absolute Gasteiger partial charge is 0.255 e. The van der Waals surface area contributed by atoms with Crippen LogP contribution in [0.4, 0.5) is 11.4 Å². The Bertz CT molecular complexity index is 896. The minimum absolute atomic E-state index is 0.156. The van der Waals surface area contributed by atoms with Crippen LogP contribution in [0.25, 0.3) is 0 Å². The molecule has 28 heavy (non-hydrogen) atoms. The SMILES string of the molecule is CCC(=O)N1CCN(c2ccc(Cl)cc2NC(=O)c2ccc(Cl)c(Cl)c2)CC1. The second-order valence-electron chi connectivity index (χ2n) is 6.47. The highest BCUT2D eigenvalue weighted by Gasteiger charge is 2.22. The van der Waals surface area contributed by atoms with Gasteiger partial charge in [0.15, 0.2) is 0 Å². The average molecular weight is 441 g/mol. The van der Waals surface area contributed by atoms with Crippen molar-refractivity contribution in [2.24, 2.45) is 0 Å². The number of carbonyl (C=O) groups is 2. The van der Waals surface area contributed by atoms with Crippen molar-refractivity contribution in [1.82, 2.24) is 4.90 Å². The van der Waals surface area contributed by atoms with E-state index in [9.17, 15) is 9.59 Å². The van der Waals surface area contributed by atoms with E-state index >= 15 is 0 Å². The quantitative estimate of drug-likeness (QED) is 0.731. The normalized spacial score (nSPS) is 14.1. The predicted molar refractivity (Wildman–Crippen MR) is 115 cm³/mol. The molecule has 8 heteroatoms. The van der Waals surface area contributed by atoms with E-state index in [0.717, 1.165) is 5.69 Å². The molecule has 2 amide bonds. The molecule has 3 rings (SSSR count). The minimum Gasteiger partial charge on any atom is -0.366 e. The van der Waals surface area contributed by atoms with Crippen molar-refractivity contribution in [3.8, 4) is 0 Å². The number of nitrogens with zero attached hydrogens (tertiary/aromatic N) is 2. The fourth-order valence-electron chi connectivity index (χ4n) is 3.14. The van der Waals surface area contributed by atoms with E-state index in [0.29, 0.717) is 58.9 Å². The van der Waals surface area contributed by atoms with Gasteiger partial charge in [-0.1, -0.05) is 41.7 Å².